The molecule has 1 fully saturated rings. The molecule has 9 heteroatoms. The van der Waals surface area contributed by atoms with Crippen LogP contribution in [-0.4, -0.2) is 42.5 Å². The summed E-state index contributed by atoms with van der Waals surface area (Å²) in [5, 5.41) is 12.0. The van der Waals surface area contributed by atoms with Gasteiger partial charge in [-0.05, 0) is 54.6 Å². The standard InChI is InChI=1S/C22H22N2O6S/c1-3-29-18-12-14(8-9-17(18)30-11-10-20(25)26)13-19-21(27)24-22(31-19)23-15-6-4-5-7-16(15)28-2/h4-9,12-13H,3,10-11H2,1-2H3,(H,25,26)(H,23,24,27)/b19-13+. The number of amidine groups is 1. The zero-order chi connectivity index (χ0) is 22.2. The maximum atomic E-state index is 12.4. The van der Waals surface area contributed by atoms with Gasteiger partial charge in [0, 0.05) is 0 Å². The first kappa shape index (κ1) is 22.2. The molecule has 3 rings (SSSR count). The van der Waals surface area contributed by atoms with Gasteiger partial charge in [0.15, 0.2) is 16.7 Å². The SMILES string of the molecule is CCOc1cc(/C=C2/SC(=Nc3ccccc3OC)NC2=O)ccc1OCCC(=O)O. The van der Waals surface area contributed by atoms with Crippen molar-refractivity contribution in [1.82, 2.24) is 5.32 Å². The van der Waals surface area contributed by atoms with E-state index in [1.54, 1.807) is 43.5 Å². The van der Waals surface area contributed by atoms with Crippen molar-refractivity contribution in [2.45, 2.75) is 13.3 Å². The lowest BCUT2D eigenvalue weighted by Crippen LogP contribution is -2.19. The average molecular weight is 442 g/mol. The minimum Gasteiger partial charge on any atom is -0.494 e. The van der Waals surface area contributed by atoms with Crippen LogP contribution >= 0.6 is 11.8 Å². The molecule has 0 radical (unpaired) electrons. The summed E-state index contributed by atoms with van der Waals surface area (Å²) in [6.45, 7) is 2.30. The third-order valence-electron chi connectivity index (χ3n) is 4.10. The molecule has 0 unspecified atom stereocenters. The predicted molar refractivity (Wildman–Crippen MR) is 119 cm³/mol. The molecule has 1 heterocycles. The second kappa shape index (κ2) is 10.5. The monoisotopic (exact) mass is 442 g/mol. The highest BCUT2D eigenvalue weighted by atomic mass is 32.2. The van der Waals surface area contributed by atoms with Crippen LogP contribution in [-0.2, 0) is 9.59 Å². The quantitative estimate of drug-likeness (QED) is 0.568. The first-order valence-electron chi connectivity index (χ1n) is 9.54. The number of rotatable bonds is 9. The van der Waals surface area contributed by atoms with Gasteiger partial charge in [-0.15, -0.1) is 0 Å². The highest BCUT2D eigenvalue weighted by Gasteiger charge is 2.24. The molecule has 0 aromatic heterocycles. The lowest BCUT2D eigenvalue weighted by molar-refractivity contribution is -0.137. The Kier molecular flexibility index (Phi) is 7.55. The largest absolute Gasteiger partial charge is 0.494 e. The third-order valence-corrected chi connectivity index (χ3v) is 5.01. The number of amides is 1. The molecule has 31 heavy (non-hydrogen) atoms. The molecule has 1 aliphatic heterocycles. The Bertz CT molecular complexity index is 1030. The maximum Gasteiger partial charge on any atom is 0.306 e. The van der Waals surface area contributed by atoms with E-state index < -0.39 is 5.97 Å². The smallest absolute Gasteiger partial charge is 0.306 e. The Hall–Kier alpha value is -3.46. The molecule has 0 spiro atoms. The normalized spacial score (nSPS) is 15.7. The van der Waals surface area contributed by atoms with Crippen LogP contribution in [0.1, 0.15) is 18.9 Å². The molecule has 0 saturated carbocycles. The molecule has 2 N–H and O–H groups in total. The van der Waals surface area contributed by atoms with Crippen LogP contribution in [0.4, 0.5) is 5.69 Å². The molecular weight excluding hydrogens is 420 g/mol. The number of aliphatic carboxylic acids is 1. The van der Waals surface area contributed by atoms with E-state index in [-0.39, 0.29) is 18.9 Å². The van der Waals surface area contributed by atoms with Crippen LogP contribution in [0.5, 0.6) is 17.2 Å². The first-order chi connectivity index (χ1) is 15.0. The highest BCUT2D eigenvalue weighted by molar-refractivity contribution is 8.18. The highest BCUT2D eigenvalue weighted by Crippen LogP contribution is 2.34. The van der Waals surface area contributed by atoms with Gasteiger partial charge >= 0.3 is 5.97 Å². The Morgan fingerprint density at radius 1 is 1.16 bits per heavy atom. The zero-order valence-corrected chi connectivity index (χ0v) is 17.9. The lowest BCUT2D eigenvalue weighted by Gasteiger charge is -2.12. The van der Waals surface area contributed by atoms with Gasteiger partial charge in [-0.3, -0.25) is 9.59 Å². The predicted octanol–water partition coefficient (Wildman–Crippen LogP) is 3.84. The van der Waals surface area contributed by atoms with Gasteiger partial charge in [0.05, 0.1) is 31.6 Å². The molecule has 1 saturated heterocycles. The second-order valence-electron chi connectivity index (χ2n) is 6.28. The third kappa shape index (κ3) is 6.02. The summed E-state index contributed by atoms with van der Waals surface area (Å²) in [5.74, 6) is 0.357. The van der Waals surface area contributed by atoms with Gasteiger partial charge in [-0.25, -0.2) is 4.99 Å². The second-order valence-corrected chi connectivity index (χ2v) is 7.32. The van der Waals surface area contributed by atoms with Gasteiger partial charge in [-0.1, -0.05) is 18.2 Å². The fourth-order valence-electron chi connectivity index (χ4n) is 2.71. The molecule has 1 amide bonds. The lowest BCUT2D eigenvalue weighted by atomic mass is 10.2. The zero-order valence-electron chi connectivity index (χ0n) is 17.1. The van der Waals surface area contributed by atoms with Crippen LogP contribution in [0.15, 0.2) is 52.4 Å². The maximum absolute atomic E-state index is 12.4. The Labute approximate surface area is 183 Å². The number of benzene rings is 2. The molecule has 162 valence electrons. The van der Waals surface area contributed by atoms with Crippen molar-refractivity contribution in [3.63, 3.8) is 0 Å². The number of carboxylic acid groups (broad SMARTS) is 1. The van der Waals surface area contributed by atoms with E-state index in [0.717, 1.165) is 5.56 Å². The molecule has 0 bridgehead atoms. The number of nitrogens with zero attached hydrogens (tertiary/aromatic N) is 1. The Morgan fingerprint density at radius 3 is 2.71 bits per heavy atom. The van der Waals surface area contributed by atoms with E-state index in [9.17, 15) is 9.59 Å². The minimum atomic E-state index is -0.936. The molecule has 1 aliphatic rings. The summed E-state index contributed by atoms with van der Waals surface area (Å²) in [4.78, 5) is 28.0. The summed E-state index contributed by atoms with van der Waals surface area (Å²) < 4.78 is 16.4. The van der Waals surface area contributed by atoms with Crippen molar-refractivity contribution in [2.75, 3.05) is 20.3 Å². The van der Waals surface area contributed by atoms with Crippen LogP contribution in [0.3, 0.4) is 0 Å². The van der Waals surface area contributed by atoms with Crippen molar-refractivity contribution in [3.8, 4) is 17.2 Å². The van der Waals surface area contributed by atoms with Crippen molar-refractivity contribution >= 4 is 40.6 Å². The van der Waals surface area contributed by atoms with Crippen LogP contribution in [0.25, 0.3) is 6.08 Å². The van der Waals surface area contributed by atoms with E-state index >= 15 is 0 Å². The summed E-state index contributed by atoms with van der Waals surface area (Å²) in [6.07, 6.45) is 1.62. The topological polar surface area (TPSA) is 106 Å². The molecule has 2 aromatic carbocycles. The number of ether oxygens (including phenoxy) is 3. The molecule has 8 nitrogen and oxygen atoms in total. The van der Waals surface area contributed by atoms with E-state index in [1.807, 2.05) is 19.1 Å². The van der Waals surface area contributed by atoms with E-state index in [2.05, 4.69) is 10.3 Å². The van der Waals surface area contributed by atoms with E-state index in [4.69, 9.17) is 19.3 Å². The number of carbonyl (C=O) groups excluding carboxylic acids is 1. The minimum absolute atomic E-state index is 0.0386. The fraction of sp³-hybridized carbons (Fsp3) is 0.227. The van der Waals surface area contributed by atoms with Crippen molar-refractivity contribution in [2.24, 2.45) is 4.99 Å². The Morgan fingerprint density at radius 2 is 1.97 bits per heavy atom. The summed E-state index contributed by atoms with van der Waals surface area (Å²) in [6, 6.07) is 12.5. The van der Waals surface area contributed by atoms with Crippen LogP contribution in [0, 0.1) is 0 Å². The number of nitrogens with one attached hydrogen (secondary N) is 1. The molecule has 0 aliphatic carbocycles. The van der Waals surface area contributed by atoms with Crippen molar-refractivity contribution in [3.05, 3.63) is 52.9 Å². The van der Waals surface area contributed by atoms with E-state index in [0.29, 0.717) is 39.6 Å². The summed E-state index contributed by atoms with van der Waals surface area (Å²) in [5.41, 5.74) is 1.36. The number of thioether (sulfide) groups is 1. The van der Waals surface area contributed by atoms with Gasteiger partial charge in [0.1, 0.15) is 11.4 Å². The number of hydrogen-bond acceptors (Lipinski definition) is 7. The van der Waals surface area contributed by atoms with Crippen LogP contribution in [0.2, 0.25) is 0 Å². The summed E-state index contributed by atoms with van der Waals surface area (Å²) in [7, 11) is 1.57. The van der Waals surface area contributed by atoms with Gasteiger partial charge in [0.25, 0.3) is 5.91 Å². The van der Waals surface area contributed by atoms with Gasteiger partial charge in [0.2, 0.25) is 0 Å². The number of aliphatic imine (C=N–C) groups is 1. The molecule has 0 atom stereocenters. The van der Waals surface area contributed by atoms with Crippen LogP contribution < -0.4 is 19.5 Å². The summed E-state index contributed by atoms with van der Waals surface area (Å²) >= 11 is 1.23. The van der Waals surface area contributed by atoms with Crippen molar-refractivity contribution < 1.29 is 28.9 Å². The first-order valence-corrected chi connectivity index (χ1v) is 10.4. The number of methoxy groups -OCH3 is 1. The number of carboxylic acids is 1. The molecular formula is C22H22N2O6S. The molecule has 2 aromatic rings. The average Bonchev–Trinajstić information content (AvgIpc) is 3.08. The van der Waals surface area contributed by atoms with Gasteiger partial charge < -0.3 is 24.6 Å². The number of para-hydroxylation sites is 2. The van der Waals surface area contributed by atoms with E-state index in [1.165, 1.54) is 11.8 Å². The number of carbonyl (C=O) groups is 2. The van der Waals surface area contributed by atoms with Gasteiger partial charge in [-0.2, -0.15) is 0 Å². The number of hydrogen-bond donors (Lipinski definition) is 2. The Balaban J connectivity index is 1.79. The fourth-order valence-corrected chi connectivity index (χ4v) is 3.55. The van der Waals surface area contributed by atoms with Crippen molar-refractivity contribution in [1.29, 1.82) is 0 Å².